The first-order chi connectivity index (χ1) is 6.83. The molecule has 0 N–H and O–H groups in total. The molecule has 0 saturated heterocycles. The van der Waals surface area contributed by atoms with Gasteiger partial charge in [0.25, 0.3) is 6.43 Å². The summed E-state index contributed by atoms with van der Waals surface area (Å²) in [6.45, 7) is 4.09. The lowest BCUT2D eigenvalue weighted by Gasteiger charge is -2.21. The number of carbonyl (C=O) groups is 1. The Morgan fingerprint density at radius 3 is 2.53 bits per heavy atom. The minimum Gasteiger partial charge on any atom is -0.300 e. The fourth-order valence-electron chi connectivity index (χ4n) is 2.20. The molecule has 1 aliphatic carbocycles. The molecular weight excluding hydrogens is 200 g/mol. The van der Waals surface area contributed by atoms with E-state index in [1.165, 1.54) is 0 Å². The largest absolute Gasteiger partial charge is 0.300 e. The smallest absolute Gasteiger partial charge is 0.251 e. The van der Waals surface area contributed by atoms with Gasteiger partial charge in [-0.1, -0.05) is 13.8 Å². The van der Waals surface area contributed by atoms with Gasteiger partial charge in [0.05, 0.1) is 6.54 Å². The number of carbonyl (C=O) groups excluding carboxylic acids is 1. The van der Waals surface area contributed by atoms with Crippen LogP contribution in [0.25, 0.3) is 0 Å². The van der Waals surface area contributed by atoms with Crippen LogP contribution in [0, 0.1) is 11.3 Å². The molecule has 15 heavy (non-hydrogen) atoms. The second-order valence-corrected chi connectivity index (χ2v) is 5.10. The van der Waals surface area contributed by atoms with Gasteiger partial charge in [-0.25, -0.2) is 8.78 Å². The van der Waals surface area contributed by atoms with E-state index in [0.29, 0.717) is 6.54 Å². The molecule has 1 fully saturated rings. The van der Waals surface area contributed by atoms with E-state index < -0.39 is 6.43 Å². The third-order valence-corrected chi connectivity index (χ3v) is 3.14. The van der Waals surface area contributed by atoms with Gasteiger partial charge in [-0.05, 0) is 19.9 Å². The van der Waals surface area contributed by atoms with Crippen molar-refractivity contribution in [2.75, 3.05) is 20.1 Å². The zero-order valence-electron chi connectivity index (χ0n) is 9.59. The Labute approximate surface area is 89.6 Å². The molecule has 0 spiro atoms. The van der Waals surface area contributed by atoms with Gasteiger partial charge in [0, 0.05) is 17.9 Å². The van der Waals surface area contributed by atoms with Gasteiger partial charge >= 0.3 is 0 Å². The van der Waals surface area contributed by atoms with Crippen molar-refractivity contribution >= 4 is 5.78 Å². The van der Waals surface area contributed by atoms with Gasteiger partial charge in [-0.15, -0.1) is 0 Å². The standard InChI is InChI=1S/C11H19F2NO/c1-11(2)5-4-8(10(11)15)6-14(3)7-9(12)13/h8-9H,4-7H2,1-3H3. The van der Waals surface area contributed by atoms with Crippen molar-refractivity contribution in [2.24, 2.45) is 11.3 Å². The normalized spacial score (nSPS) is 25.5. The molecule has 0 amide bonds. The summed E-state index contributed by atoms with van der Waals surface area (Å²) in [5.74, 6) is 0.173. The van der Waals surface area contributed by atoms with Crippen molar-refractivity contribution in [3.63, 3.8) is 0 Å². The molecule has 1 aliphatic rings. The lowest BCUT2D eigenvalue weighted by atomic mass is 9.89. The van der Waals surface area contributed by atoms with Gasteiger partial charge in [-0.2, -0.15) is 0 Å². The Kier molecular flexibility index (Phi) is 3.82. The highest BCUT2D eigenvalue weighted by Gasteiger charge is 2.40. The molecule has 0 bridgehead atoms. The maximum absolute atomic E-state index is 12.1. The molecule has 0 radical (unpaired) electrons. The molecule has 1 atom stereocenters. The van der Waals surface area contributed by atoms with Crippen LogP contribution in [0.2, 0.25) is 0 Å². The molecule has 0 aliphatic heterocycles. The van der Waals surface area contributed by atoms with Crippen molar-refractivity contribution in [3.8, 4) is 0 Å². The molecule has 1 unspecified atom stereocenters. The third-order valence-electron chi connectivity index (χ3n) is 3.14. The Bertz CT molecular complexity index is 241. The van der Waals surface area contributed by atoms with Crippen LogP contribution in [0.15, 0.2) is 0 Å². The van der Waals surface area contributed by atoms with E-state index in [1.54, 1.807) is 11.9 Å². The first-order valence-corrected chi connectivity index (χ1v) is 5.34. The van der Waals surface area contributed by atoms with Crippen LogP contribution < -0.4 is 0 Å². The highest BCUT2D eigenvalue weighted by molar-refractivity contribution is 5.88. The maximum atomic E-state index is 12.1. The zero-order valence-corrected chi connectivity index (χ0v) is 9.59. The molecule has 0 heterocycles. The predicted octanol–water partition coefficient (Wildman–Crippen LogP) is 2.19. The van der Waals surface area contributed by atoms with Crippen LogP contribution in [0.3, 0.4) is 0 Å². The molecule has 4 heteroatoms. The average molecular weight is 219 g/mol. The summed E-state index contributed by atoms with van der Waals surface area (Å²) in [5.41, 5.74) is -0.254. The summed E-state index contributed by atoms with van der Waals surface area (Å²) in [7, 11) is 1.64. The number of alkyl halides is 2. The van der Waals surface area contributed by atoms with E-state index in [2.05, 4.69) is 0 Å². The number of nitrogens with zero attached hydrogens (tertiary/aromatic N) is 1. The summed E-state index contributed by atoms with van der Waals surface area (Å²) in [6.07, 6.45) is -0.613. The summed E-state index contributed by atoms with van der Waals surface area (Å²) in [6, 6.07) is 0. The van der Waals surface area contributed by atoms with Gasteiger partial charge < -0.3 is 4.90 Å². The minimum absolute atomic E-state index is 0.0521. The number of rotatable bonds is 4. The fourth-order valence-corrected chi connectivity index (χ4v) is 2.20. The maximum Gasteiger partial charge on any atom is 0.251 e. The molecule has 0 aromatic carbocycles. The second kappa shape index (κ2) is 4.56. The van der Waals surface area contributed by atoms with Gasteiger partial charge in [0.1, 0.15) is 5.78 Å². The summed E-state index contributed by atoms with van der Waals surface area (Å²) < 4.78 is 24.2. The molecule has 0 aromatic rings. The molecule has 0 aromatic heterocycles. The average Bonchev–Trinajstić information content (AvgIpc) is 2.30. The Morgan fingerprint density at radius 1 is 1.53 bits per heavy atom. The van der Waals surface area contributed by atoms with Gasteiger partial charge in [0.2, 0.25) is 0 Å². The first kappa shape index (κ1) is 12.6. The Balaban J connectivity index is 2.44. The van der Waals surface area contributed by atoms with Crippen LogP contribution >= 0.6 is 0 Å². The van der Waals surface area contributed by atoms with Crippen LogP contribution in [-0.2, 0) is 4.79 Å². The Morgan fingerprint density at radius 2 is 2.13 bits per heavy atom. The van der Waals surface area contributed by atoms with Crippen molar-refractivity contribution in [2.45, 2.75) is 33.1 Å². The zero-order chi connectivity index (χ0) is 11.6. The molecule has 1 saturated carbocycles. The van der Waals surface area contributed by atoms with E-state index in [1.807, 2.05) is 13.8 Å². The SMILES string of the molecule is CN(CC(F)F)CC1CCC(C)(C)C1=O. The summed E-state index contributed by atoms with van der Waals surface area (Å²) in [4.78, 5) is 13.4. The Hall–Kier alpha value is -0.510. The minimum atomic E-state index is -2.32. The lowest BCUT2D eigenvalue weighted by Crippen LogP contribution is -2.33. The van der Waals surface area contributed by atoms with Crippen molar-refractivity contribution < 1.29 is 13.6 Å². The van der Waals surface area contributed by atoms with Crippen LogP contribution in [0.4, 0.5) is 8.78 Å². The molecule has 2 nitrogen and oxygen atoms in total. The molecular formula is C11H19F2NO. The van der Waals surface area contributed by atoms with Crippen LogP contribution in [0.5, 0.6) is 0 Å². The van der Waals surface area contributed by atoms with E-state index in [0.717, 1.165) is 12.8 Å². The van der Waals surface area contributed by atoms with Crippen LogP contribution in [0.1, 0.15) is 26.7 Å². The molecule has 88 valence electrons. The van der Waals surface area contributed by atoms with E-state index in [-0.39, 0.29) is 23.7 Å². The number of Topliss-reactive ketones (excluding diaryl/α,β-unsaturated/α-hetero) is 1. The third kappa shape index (κ3) is 3.23. The van der Waals surface area contributed by atoms with E-state index in [4.69, 9.17) is 0 Å². The highest BCUT2D eigenvalue weighted by atomic mass is 19.3. The second-order valence-electron chi connectivity index (χ2n) is 5.10. The van der Waals surface area contributed by atoms with Crippen molar-refractivity contribution in [1.82, 2.24) is 4.90 Å². The van der Waals surface area contributed by atoms with E-state index in [9.17, 15) is 13.6 Å². The number of ketones is 1. The molecule has 1 rings (SSSR count). The van der Waals surface area contributed by atoms with Gasteiger partial charge in [-0.3, -0.25) is 4.79 Å². The monoisotopic (exact) mass is 219 g/mol. The summed E-state index contributed by atoms with van der Waals surface area (Å²) >= 11 is 0. The lowest BCUT2D eigenvalue weighted by molar-refractivity contribution is -0.128. The topological polar surface area (TPSA) is 20.3 Å². The summed E-state index contributed by atoms with van der Waals surface area (Å²) in [5, 5.41) is 0. The highest BCUT2D eigenvalue weighted by Crippen LogP contribution is 2.37. The quantitative estimate of drug-likeness (QED) is 0.722. The number of hydrogen-bond acceptors (Lipinski definition) is 2. The van der Waals surface area contributed by atoms with E-state index >= 15 is 0 Å². The van der Waals surface area contributed by atoms with Crippen molar-refractivity contribution in [1.29, 1.82) is 0 Å². The van der Waals surface area contributed by atoms with Gasteiger partial charge in [0.15, 0.2) is 0 Å². The first-order valence-electron chi connectivity index (χ1n) is 5.34. The number of halogens is 2. The van der Waals surface area contributed by atoms with Crippen LogP contribution in [-0.4, -0.2) is 37.2 Å². The fraction of sp³-hybridized carbons (Fsp3) is 0.909. The van der Waals surface area contributed by atoms with Crippen molar-refractivity contribution in [3.05, 3.63) is 0 Å². The number of hydrogen-bond donors (Lipinski definition) is 0. The predicted molar refractivity (Wildman–Crippen MR) is 55.0 cm³/mol.